The number of likely N-dealkylation sites (tertiary alicyclic amines) is 1. The van der Waals surface area contributed by atoms with Crippen LogP contribution in [0.3, 0.4) is 0 Å². The second kappa shape index (κ2) is 6.16. The smallest absolute Gasteiger partial charge is 0.226 e. The Morgan fingerprint density at radius 1 is 1.68 bits per heavy atom. The van der Waals surface area contributed by atoms with Crippen molar-refractivity contribution in [1.29, 1.82) is 0 Å². The molecule has 6 nitrogen and oxygen atoms in total. The van der Waals surface area contributed by atoms with E-state index >= 15 is 0 Å². The van der Waals surface area contributed by atoms with Crippen LogP contribution in [-0.2, 0) is 4.79 Å². The van der Waals surface area contributed by atoms with E-state index in [4.69, 9.17) is 10.3 Å². The molecule has 19 heavy (non-hydrogen) atoms. The molecular formula is C13H22N4O2. The van der Waals surface area contributed by atoms with Gasteiger partial charge in [-0.3, -0.25) is 9.69 Å². The summed E-state index contributed by atoms with van der Waals surface area (Å²) in [6.07, 6.45) is 1.59. The lowest BCUT2D eigenvalue weighted by Gasteiger charge is -2.20. The van der Waals surface area contributed by atoms with Gasteiger partial charge < -0.3 is 15.6 Å². The summed E-state index contributed by atoms with van der Waals surface area (Å²) in [5.74, 6) is 1.71. The van der Waals surface area contributed by atoms with Gasteiger partial charge in [-0.25, -0.2) is 0 Å². The third-order valence-corrected chi connectivity index (χ3v) is 3.65. The molecule has 1 aliphatic heterocycles. The number of carbonyl (C=O) groups is 1. The van der Waals surface area contributed by atoms with E-state index in [2.05, 4.69) is 22.3 Å². The third-order valence-electron chi connectivity index (χ3n) is 3.65. The SMILES string of the molecule is Cc1cc(NC(=O)CCN2CC(CN)CC2C)no1. The van der Waals surface area contributed by atoms with Gasteiger partial charge in [0.15, 0.2) is 5.82 Å². The van der Waals surface area contributed by atoms with E-state index in [0.29, 0.717) is 30.0 Å². The number of aryl methyl sites for hydroxylation is 1. The predicted molar refractivity (Wildman–Crippen MR) is 72.7 cm³/mol. The maximum atomic E-state index is 11.8. The second-order valence-corrected chi connectivity index (χ2v) is 5.30. The summed E-state index contributed by atoms with van der Waals surface area (Å²) in [4.78, 5) is 14.1. The fourth-order valence-corrected chi connectivity index (χ4v) is 2.58. The van der Waals surface area contributed by atoms with Crippen LogP contribution in [0.1, 0.15) is 25.5 Å². The van der Waals surface area contributed by atoms with Crippen LogP contribution in [0.15, 0.2) is 10.6 Å². The van der Waals surface area contributed by atoms with E-state index in [1.165, 1.54) is 0 Å². The van der Waals surface area contributed by atoms with Crippen molar-refractivity contribution in [1.82, 2.24) is 10.1 Å². The molecule has 3 N–H and O–H groups in total. The van der Waals surface area contributed by atoms with E-state index in [9.17, 15) is 4.79 Å². The van der Waals surface area contributed by atoms with Gasteiger partial charge >= 0.3 is 0 Å². The van der Waals surface area contributed by atoms with Crippen molar-refractivity contribution in [2.45, 2.75) is 32.7 Å². The van der Waals surface area contributed by atoms with Crippen LogP contribution in [-0.4, -0.2) is 41.6 Å². The Hall–Kier alpha value is -1.40. The summed E-state index contributed by atoms with van der Waals surface area (Å²) in [5, 5.41) is 6.47. The molecule has 2 heterocycles. The van der Waals surface area contributed by atoms with Crippen molar-refractivity contribution >= 4 is 11.7 Å². The van der Waals surface area contributed by atoms with Crippen molar-refractivity contribution in [2.75, 3.05) is 25.0 Å². The molecule has 2 unspecified atom stereocenters. The molecule has 2 rings (SSSR count). The average molecular weight is 266 g/mol. The van der Waals surface area contributed by atoms with Crippen LogP contribution in [0.5, 0.6) is 0 Å². The number of rotatable bonds is 5. The van der Waals surface area contributed by atoms with Gasteiger partial charge in [0.1, 0.15) is 5.76 Å². The van der Waals surface area contributed by atoms with Crippen molar-refractivity contribution < 1.29 is 9.32 Å². The number of hydrogen-bond donors (Lipinski definition) is 2. The van der Waals surface area contributed by atoms with Gasteiger partial charge in [0.2, 0.25) is 5.91 Å². The second-order valence-electron chi connectivity index (χ2n) is 5.30. The highest BCUT2D eigenvalue weighted by Crippen LogP contribution is 2.22. The minimum atomic E-state index is -0.0308. The summed E-state index contributed by atoms with van der Waals surface area (Å²) in [6, 6.07) is 2.22. The Morgan fingerprint density at radius 3 is 3.05 bits per heavy atom. The number of carbonyl (C=O) groups excluding carboxylic acids is 1. The van der Waals surface area contributed by atoms with Crippen molar-refractivity contribution in [2.24, 2.45) is 11.7 Å². The summed E-state index contributed by atoms with van der Waals surface area (Å²) < 4.78 is 4.90. The zero-order chi connectivity index (χ0) is 13.8. The fourth-order valence-electron chi connectivity index (χ4n) is 2.58. The van der Waals surface area contributed by atoms with Crippen LogP contribution in [0, 0.1) is 12.8 Å². The summed E-state index contributed by atoms with van der Waals surface area (Å²) in [5.41, 5.74) is 5.69. The molecule has 0 spiro atoms. The number of anilines is 1. The number of nitrogens with zero attached hydrogens (tertiary/aromatic N) is 2. The Morgan fingerprint density at radius 2 is 2.47 bits per heavy atom. The summed E-state index contributed by atoms with van der Waals surface area (Å²) in [7, 11) is 0. The highest BCUT2D eigenvalue weighted by atomic mass is 16.5. The van der Waals surface area contributed by atoms with Crippen LogP contribution in [0.25, 0.3) is 0 Å². The summed E-state index contributed by atoms with van der Waals surface area (Å²) in [6.45, 7) is 6.47. The predicted octanol–water partition coefficient (Wildman–Crippen LogP) is 0.981. The highest BCUT2D eigenvalue weighted by Gasteiger charge is 2.27. The lowest BCUT2D eigenvalue weighted by Crippen LogP contribution is -2.31. The Balaban J connectivity index is 1.74. The van der Waals surface area contributed by atoms with Crippen LogP contribution < -0.4 is 11.1 Å². The first kappa shape index (κ1) is 14.0. The molecule has 1 aliphatic rings. The number of amides is 1. The molecule has 6 heteroatoms. The molecule has 0 saturated carbocycles. The van der Waals surface area contributed by atoms with Gasteiger partial charge in [-0.2, -0.15) is 0 Å². The monoisotopic (exact) mass is 266 g/mol. The molecule has 0 radical (unpaired) electrons. The van der Waals surface area contributed by atoms with Crippen molar-refractivity contribution in [3.63, 3.8) is 0 Å². The molecule has 1 fully saturated rings. The van der Waals surface area contributed by atoms with E-state index in [1.54, 1.807) is 13.0 Å². The molecular weight excluding hydrogens is 244 g/mol. The van der Waals surface area contributed by atoms with E-state index in [0.717, 1.165) is 26.1 Å². The molecule has 1 amide bonds. The Kier molecular flexibility index (Phi) is 4.55. The molecule has 0 bridgehead atoms. The van der Waals surface area contributed by atoms with E-state index < -0.39 is 0 Å². The summed E-state index contributed by atoms with van der Waals surface area (Å²) >= 11 is 0. The lowest BCUT2D eigenvalue weighted by atomic mass is 10.1. The average Bonchev–Trinajstić information content (AvgIpc) is 2.93. The minimum Gasteiger partial charge on any atom is -0.360 e. The topological polar surface area (TPSA) is 84.4 Å². The maximum absolute atomic E-state index is 11.8. The first-order valence-corrected chi connectivity index (χ1v) is 6.75. The fraction of sp³-hybridized carbons (Fsp3) is 0.692. The standard InChI is InChI=1S/C13H22N4O2/c1-9-5-11(7-14)8-17(9)4-3-13(18)15-12-6-10(2)19-16-12/h6,9,11H,3-5,7-8,14H2,1-2H3,(H,15,16,18). The third kappa shape index (κ3) is 3.78. The first-order chi connectivity index (χ1) is 9.08. The maximum Gasteiger partial charge on any atom is 0.226 e. The van der Waals surface area contributed by atoms with Crippen molar-refractivity contribution in [3.05, 3.63) is 11.8 Å². The van der Waals surface area contributed by atoms with Crippen molar-refractivity contribution in [3.8, 4) is 0 Å². The normalized spacial score (nSPS) is 23.7. The van der Waals surface area contributed by atoms with Crippen LogP contribution in [0.4, 0.5) is 5.82 Å². The minimum absolute atomic E-state index is 0.0308. The Bertz CT molecular complexity index is 432. The number of hydrogen-bond acceptors (Lipinski definition) is 5. The molecule has 2 atom stereocenters. The van der Waals surface area contributed by atoms with Gasteiger partial charge in [-0.05, 0) is 32.7 Å². The Labute approximate surface area is 113 Å². The quantitative estimate of drug-likeness (QED) is 0.830. The zero-order valence-electron chi connectivity index (χ0n) is 11.6. The van der Waals surface area contributed by atoms with Gasteiger partial charge in [0.05, 0.1) is 0 Å². The van der Waals surface area contributed by atoms with Crippen LogP contribution >= 0.6 is 0 Å². The van der Waals surface area contributed by atoms with Gasteiger partial charge in [-0.1, -0.05) is 5.16 Å². The lowest BCUT2D eigenvalue weighted by molar-refractivity contribution is -0.116. The number of aromatic nitrogens is 1. The largest absolute Gasteiger partial charge is 0.360 e. The molecule has 1 aromatic rings. The number of nitrogens with one attached hydrogen (secondary N) is 1. The first-order valence-electron chi connectivity index (χ1n) is 6.75. The van der Waals surface area contributed by atoms with E-state index in [1.807, 2.05) is 0 Å². The zero-order valence-corrected chi connectivity index (χ0v) is 11.6. The molecule has 0 aliphatic carbocycles. The molecule has 106 valence electrons. The van der Waals surface area contributed by atoms with Gasteiger partial charge in [-0.15, -0.1) is 0 Å². The van der Waals surface area contributed by atoms with E-state index in [-0.39, 0.29) is 5.91 Å². The number of nitrogens with two attached hydrogens (primary N) is 1. The van der Waals surface area contributed by atoms with Gasteiger partial charge in [0, 0.05) is 31.6 Å². The molecule has 0 aromatic carbocycles. The molecule has 1 aromatic heterocycles. The molecule has 1 saturated heterocycles. The van der Waals surface area contributed by atoms with Gasteiger partial charge in [0.25, 0.3) is 0 Å². The van der Waals surface area contributed by atoms with Crippen LogP contribution in [0.2, 0.25) is 0 Å². The highest BCUT2D eigenvalue weighted by molar-refractivity contribution is 5.89.